The molecular weight excluding hydrogens is 238 g/mol. The van der Waals surface area contributed by atoms with Gasteiger partial charge in [-0.05, 0) is 44.3 Å². The maximum Gasteiger partial charge on any atom is 0.223 e. The molecule has 112 valence electrons. The number of nitrogens with zero attached hydrogens (tertiary/aromatic N) is 2. The van der Waals surface area contributed by atoms with Crippen molar-refractivity contribution < 1.29 is 4.79 Å². The molecule has 1 aliphatic rings. The number of hydrogen-bond donors (Lipinski definition) is 1. The van der Waals surface area contributed by atoms with Crippen molar-refractivity contribution in [2.45, 2.75) is 46.5 Å². The minimum Gasteiger partial charge on any atom is -0.341 e. The molecule has 4 heteroatoms. The van der Waals surface area contributed by atoms with Crippen LogP contribution in [0.15, 0.2) is 0 Å². The predicted molar refractivity (Wildman–Crippen MR) is 80.0 cm³/mol. The molecule has 0 aromatic heterocycles. The van der Waals surface area contributed by atoms with E-state index in [4.69, 9.17) is 5.73 Å². The molecule has 1 heterocycles. The molecule has 1 amide bonds. The largest absolute Gasteiger partial charge is 0.341 e. The van der Waals surface area contributed by atoms with E-state index in [-0.39, 0.29) is 5.41 Å². The molecule has 0 saturated carbocycles. The zero-order valence-corrected chi connectivity index (χ0v) is 13.0. The van der Waals surface area contributed by atoms with Gasteiger partial charge in [-0.1, -0.05) is 20.8 Å². The lowest BCUT2D eigenvalue weighted by Crippen LogP contribution is -2.37. The monoisotopic (exact) mass is 269 g/mol. The van der Waals surface area contributed by atoms with Gasteiger partial charge in [-0.3, -0.25) is 4.79 Å². The van der Waals surface area contributed by atoms with Crippen LogP contribution in [0.5, 0.6) is 0 Å². The zero-order valence-electron chi connectivity index (χ0n) is 13.0. The van der Waals surface area contributed by atoms with Crippen LogP contribution in [0.3, 0.4) is 0 Å². The van der Waals surface area contributed by atoms with Crippen molar-refractivity contribution in [1.29, 1.82) is 0 Å². The molecule has 2 N–H and O–H groups in total. The minimum absolute atomic E-state index is 0.0875. The Labute approximate surface area is 118 Å². The Bertz CT molecular complexity index is 273. The SMILES string of the molecule is CC(C)(C)CC(=O)N1CCCN(CCCCN)CC1. The van der Waals surface area contributed by atoms with E-state index in [2.05, 4.69) is 25.7 Å². The van der Waals surface area contributed by atoms with Crippen molar-refractivity contribution in [2.75, 3.05) is 39.3 Å². The fourth-order valence-corrected chi connectivity index (χ4v) is 2.49. The van der Waals surface area contributed by atoms with Gasteiger partial charge >= 0.3 is 0 Å². The van der Waals surface area contributed by atoms with Crippen LogP contribution < -0.4 is 5.73 Å². The maximum atomic E-state index is 12.2. The van der Waals surface area contributed by atoms with Gasteiger partial charge in [-0.25, -0.2) is 0 Å². The molecular formula is C15H31N3O. The quantitative estimate of drug-likeness (QED) is 0.773. The first-order valence-corrected chi connectivity index (χ1v) is 7.62. The first kappa shape index (κ1) is 16.4. The average Bonchev–Trinajstić information content (AvgIpc) is 2.53. The molecule has 0 radical (unpaired) electrons. The highest BCUT2D eigenvalue weighted by Gasteiger charge is 2.23. The van der Waals surface area contributed by atoms with Crippen LogP contribution in [0.1, 0.15) is 46.5 Å². The van der Waals surface area contributed by atoms with E-state index < -0.39 is 0 Å². The fraction of sp³-hybridized carbons (Fsp3) is 0.933. The van der Waals surface area contributed by atoms with Gasteiger partial charge in [0.05, 0.1) is 0 Å². The topological polar surface area (TPSA) is 49.6 Å². The van der Waals surface area contributed by atoms with E-state index in [1.807, 2.05) is 4.90 Å². The summed E-state index contributed by atoms with van der Waals surface area (Å²) < 4.78 is 0. The minimum atomic E-state index is 0.0875. The summed E-state index contributed by atoms with van der Waals surface area (Å²) in [5.41, 5.74) is 5.61. The summed E-state index contributed by atoms with van der Waals surface area (Å²) in [6.45, 7) is 12.2. The number of nitrogens with two attached hydrogens (primary N) is 1. The molecule has 0 aromatic carbocycles. The molecule has 19 heavy (non-hydrogen) atoms. The Hall–Kier alpha value is -0.610. The lowest BCUT2D eigenvalue weighted by molar-refractivity contribution is -0.132. The summed E-state index contributed by atoms with van der Waals surface area (Å²) in [6, 6.07) is 0. The molecule has 0 spiro atoms. The molecule has 0 bridgehead atoms. The second kappa shape index (κ2) is 7.85. The number of rotatable bonds is 5. The van der Waals surface area contributed by atoms with E-state index in [1.54, 1.807) is 0 Å². The normalized spacial score (nSPS) is 18.4. The third-order valence-electron chi connectivity index (χ3n) is 3.55. The van der Waals surface area contributed by atoms with Gasteiger partial charge in [0.2, 0.25) is 5.91 Å². The third-order valence-corrected chi connectivity index (χ3v) is 3.55. The molecule has 0 unspecified atom stereocenters. The molecule has 0 atom stereocenters. The number of hydrogen-bond acceptors (Lipinski definition) is 3. The van der Waals surface area contributed by atoms with E-state index >= 15 is 0 Å². The van der Waals surface area contributed by atoms with E-state index in [0.29, 0.717) is 12.3 Å². The molecule has 0 aliphatic carbocycles. The maximum absolute atomic E-state index is 12.2. The Morgan fingerprint density at radius 2 is 1.84 bits per heavy atom. The molecule has 1 aliphatic heterocycles. The summed E-state index contributed by atoms with van der Waals surface area (Å²) in [4.78, 5) is 16.7. The van der Waals surface area contributed by atoms with Crippen LogP contribution in [0.2, 0.25) is 0 Å². The number of carbonyl (C=O) groups excluding carboxylic acids is 1. The van der Waals surface area contributed by atoms with Crippen molar-refractivity contribution in [2.24, 2.45) is 11.1 Å². The first-order chi connectivity index (χ1) is 8.92. The highest BCUT2D eigenvalue weighted by molar-refractivity contribution is 5.76. The summed E-state index contributed by atoms with van der Waals surface area (Å²) >= 11 is 0. The molecule has 4 nitrogen and oxygen atoms in total. The Kier molecular flexibility index (Phi) is 6.80. The van der Waals surface area contributed by atoms with Crippen LogP contribution in [0.4, 0.5) is 0 Å². The molecule has 1 saturated heterocycles. The highest BCUT2D eigenvalue weighted by Crippen LogP contribution is 2.20. The number of unbranched alkanes of at least 4 members (excludes halogenated alkanes) is 1. The van der Waals surface area contributed by atoms with E-state index in [0.717, 1.165) is 52.1 Å². The molecule has 1 rings (SSSR count). The van der Waals surface area contributed by atoms with Crippen LogP contribution in [-0.4, -0.2) is 55.0 Å². The summed E-state index contributed by atoms with van der Waals surface area (Å²) in [5, 5.41) is 0. The van der Waals surface area contributed by atoms with Crippen molar-refractivity contribution in [1.82, 2.24) is 9.80 Å². The Morgan fingerprint density at radius 3 is 2.47 bits per heavy atom. The average molecular weight is 269 g/mol. The smallest absolute Gasteiger partial charge is 0.223 e. The summed E-state index contributed by atoms with van der Waals surface area (Å²) in [5.74, 6) is 0.316. The van der Waals surface area contributed by atoms with Gasteiger partial charge in [-0.2, -0.15) is 0 Å². The van der Waals surface area contributed by atoms with Crippen molar-refractivity contribution in [3.05, 3.63) is 0 Å². The van der Waals surface area contributed by atoms with Crippen molar-refractivity contribution in [3.63, 3.8) is 0 Å². The highest BCUT2D eigenvalue weighted by atomic mass is 16.2. The first-order valence-electron chi connectivity index (χ1n) is 7.62. The fourth-order valence-electron chi connectivity index (χ4n) is 2.49. The van der Waals surface area contributed by atoms with Gasteiger partial charge in [0.1, 0.15) is 0 Å². The Morgan fingerprint density at radius 1 is 1.11 bits per heavy atom. The lowest BCUT2D eigenvalue weighted by Gasteiger charge is -2.25. The second-order valence-electron chi connectivity index (χ2n) is 6.81. The summed E-state index contributed by atoms with van der Waals surface area (Å²) in [7, 11) is 0. The van der Waals surface area contributed by atoms with Crippen LogP contribution >= 0.6 is 0 Å². The predicted octanol–water partition coefficient (Wildman–Crippen LogP) is 1.70. The van der Waals surface area contributed by atoms with Gasteiger partial charge in [0, 0.05) is 26.1 Å². The van der Waals surface area contributed by atoms with Crippen molar-refractivity contribution in [3.8, 4) is 0 Å². The number of amides is 1. The van der Waals surface area contributed by atoms with Crippen LogP contribution in [0, 0.1) is 5.41 Å². The van der Waals surface area contributed by atoms with E-state index in [9.17, 15) is 4.79 Å². The van der Waals surface area contributed by atoms with Crippen LogP contribution in [-0.2, 0) is 4.79 Å². The third kappa shape index (κ3) is 6.92. The van der Waals surface area contributed by atoms with Crippen molar-refractivity contribution >= 4 is 5.91 Å². The molecule has 1 fully saturated rings. The summed E-state index contributed by atoms with van der Waals surface area (Å²) in [6.07, 6.45) is 4.02. The molecule has 0 aromatic rings. The second-order valence-corrected chi connectivity index (χ2v) is 6.81. The lowest BCUT2D eigenvalue weighted by atomic mass is 9.91. The Balaban J connectivity index is 2.34. The number of carbonyl (C=O) groups is 1. The van der Waals surface area contributed by atoms with Gasteiger partial charge < -0.3 is 15.5 Å². The van der Waals surface area contributed by atoms with Crippen LogP contribution in [0.25, 0.3) is 0 Å². The van der Waals surface area contributed by atoms with Gasteiger partial charge in [-0.15, -0.1) is 0 Å². The van der Waals surface area contributed by atoms with Gasteiger partial charge in [0.25, 0.3) is 0 Å². The standard InChI is InChI=1S/C15H31N3O/c1-15(2,3)13-14(19)18-10-6-9-17(11-12-18)8-5-4-7-16/h4-13,16H2,1-3H3. The van der Waals surface area contributed by atoms with Gasteiger partial charge in [0.15, 0.2) is 0 Å². The zero-order chi connectivity index (χ0) is 14.3. The van der Waals surface area contributed by atoms with E-state index in [1.165, 1.54) is 6.42 Å².